The van der Waals surface area contributed by atoms with Crippen molar-refractivity contribution >= 4 is 0 Å². The SMILES string of the molecule is CCC(CF)C(F)(F)F.FCC(F)(F)F.FCF.FCF.FCF.FCF. The lowest BCUT2D eigenvalue weighted by Gasteiger charge is -2.13. The molecule has 174 valence electrons. The lowest BCUT2D eigenvalue weighted by atomic mass is 10.1. The van der Waals surface area contributed by atoms with Crippen LogP contribution in [0.1, 0.15) is 13.3 Å². The van der Waals surface area contributed by atoms with Crippen molar-refractivity contribution in [1.82, 2.24) is 0 Å². The van der Waals surface area contributed by atoms with Crippen LogP contribution in [0, 0.1) is 5.92 Å². The Morgan fingerprint density at radius 1 is 0.556 bits per heavy atom. The van der Waals surface area contributed by atoms with Gasteiger partial charge in [0, 0.05) is 0 Å². The predicted molar refractivity (Wildman–Crippen MR) is 66.2 cm³/mol. The van der Waals surface area contributed by atoms with Gasteiger partial charge in [0.25, 0.3) is 0 Å². The summed E-state index contributed by atoms with van der Waals surface area (Å²) in [5, 5.41) is 0. The van der Waals surface area contributed by atoms with Gasteiger partial charge in [0.1, 0.15) is 6.67 Å². The van der Waals surface area contributed by atoms with Crippen LogP contribution < -0.4 is 0 Å². The highest BCUT2D eigenvalue weighted by atomic mass is 19.4. The second-order valence-corrected chi connectivity index (χ2v) is 2.95. The minimum absolute atomic E-state index is 0.181. The smallest absolute Gasteiger partial charge is 0.250 e. The number of halogens is 16. The van der Waals surface area contributed by atoms with E-state index in [0.29, 0.717) is 0 Å². The molecule has 1 unspecified atom stereocenters. The Labute approximate surface area is 144 Å². The van der Waals surface area contributed by atoms with Gasteiger partial charge < -0.3 is 0 Å². The van der Waals surface area contributed by atoms with E-state index in [-0.39, 0.29) is 6.42 Å². The molecule has 0 aromatic heterocycles. The van der Waals surface area contributed by atoms with Crippen LogP contribution in [0.3, 0.4) is 0 Å². The van der Waals surface area contributed by atoms with Crippen LogP contribution in [0.2, 0.25) is 0 Å². The van der Waals surface area contributed by atoms with E-state index >= 15 is 0 Å². The van der Waals surface area contributed by atoms with Gasteiger partial charge in [-0.05, 0) is 6.42 Å². The number of hydrogen-bond donors (Lipinski definition) is 0. The summed E-state index contributed by atoms with van der Waals surface area (Å²) in [6, 6.07) is 0. The summed E-state index contributed by atoms with van der Waals surface area (Å²) in [7, 11) is 0. The van der Waals surface area contributed by atoms with Gasteiger partial charge in [0.15, 0.2) is 6.67 Å². The fraction of sp³-hybridized carbons (Fsp3) is 1.00. The van der Waals surface area contributed by atoms with Crippen molar-refractivity contribution in [3.05, 3.63) is 0 Å². The van der Waals surface area contributed by atoms with Crippen LogP contribution in [0.5, 0.6) is 0 Å². The standard InChI is InChI=1S/C5H8F4.C2H2F4.4CH2F2/c1-2-4(3-6)5(7,8)9;3-1-2(4,5)6;4*2-1-3/h4H,2-3H2,1H3;1H2;4*1H2. The Balaban J connectivity index is -0.0000000533. The van der Waals surface area contributed by atoms with Crippen LogP contribution >= 0.6 is 0 Å². The highest BCUT2D eigenvalue weighted by Gasteiger charge is 2.37. The fourth-order valence-corrected chi connectivity index (χ4v) is 0.428. The molecule has 0 spiro atoms. The van der Waals surface area contributed by atoms with Gasteiger partial charge in [-0.2, -0.15) is 26.3 Å². The maximum Gasteiger partial charge on any atom is 0.416 e. The topological polar surface area (TPSA) is 0 Å². The molecule has 27 heavy (non-hydrogen) atoms. The molecular weight excluding hydrogens is 436 g/mol. The zero-order valence-electron chi connectivity index (χ0n) is 13.6. The first-order valence-corrected chi connectivity index (χ1v) is 5.97. The van der Waals surface area contributed by atoms with Crippen molar-refractivity contribution in [2.45, 2.75) is 25.7 Å². The Morgan fingerprint density at radius 3 is 0.741 bits per heavy atom. The lowest BCUT2D eigenvalue weighted by Crippen LogP contribution is -2.23. The summed E-state index contributed by atoms with van der Waals surface area (Å²) in [4.78, 5) is 0. The monoisotopic (exact) mass is 454 g/mol. The maximum absolute atomic E-state index is 11.5. The summed E-state index contributed by atoms with van der Waals surface area (Å²) in [5.74, 6) is -1.77. The van der Waals surface area contributed by atoms with E-state index in [1.54, 1.807) is 0 Å². The second-order valence-electron chi connectivity index (χ2n) is 2.95. The molecule has 0 aliphatic rings. The van der Waals surface area contributed by atoms with E-state index < -0.39 is 59.3 Å². The van der Waals surface area contributed by atoms with Gasteiger partial charge in [-0.25, -0.2) is 39.5 Å². The molecule has 0 amide bonds. The van der Waals surface area contributed by atoms with Gasteiger partial charge in [0.2, 0.25) is 27.7 Å². The third kappa shape index (κ3) is 92.3. The Hall–Kier alpha value is -1.12. The first kappa shape index (κ1) is 40.5. The molecule has 0 bridgehead atoms. The van der Waals surface area contributed by atoms with E-state index in [2.05, 4.69) is 0 Å². The zero-order chi connectivity index (χ0) is 23.5. The zero-order valence-corrected chi connectivity index (χ0v) is 13.6. The van der Waals surface area contributed by atoms with Crippen molar-refractivity contribution in [3.8, 4) is 0 Å². The van der Waals surface area contributed by atoms with Gasteiger partial charge >= 0.3 is 12.4 Å². The van der Waals surface area contributed by atoms with Crippen molar-refractivity contribution in [2.75, 3.05) is 41.1 Å². The van der Waals surface area contributed by atoms with E-state index in [1.165, 1.54) is 6.92 Å². The van der Waals surface area contributed by atoms with Crippen LogP contribution in [-0.4, -0.2) is 53.4 Å². The molecule has 0 heterocycles. The molecule has 0 aliphatic heterocycles. The first-order chi connectivity index (χ1) is 12.2. The van der Waals surface area contributed by atoms with Crippen LogP contribution in [0.15, 0.2) is 0 Å². The Morgan fingerprint density at radius 2 is 0.741 bits per heavy atom. The molecule has 0 fully saturated rings. The van der Waals surface area contributed by atoms with Gasteiger partial charge in [-0.1, -0.05) is 6.92 Å². The Kier molecular flexibility index (Phi) is 48.9. The number of hydrogen-bond acceptors (Lipinski definition) is 0. The molecule has 0 aliphatic carbocycles. The molecular formula is C11H18F16. The van der Waals surface area contributed by atoms with Gasteiger partial charge in [0.05, 0.1) is 5.92 Å². The quantitative estimate of drug-likeness (QED) is 0.377. The molecule has 0 saturated heterocycles. The van der Waals surface area contributed by atoms with Gasteiger partial charge in [-0.15, -0.1) is 0 Å². The summed E-state index contributed by atoms with van der Waals surface area (Å²) in [6.45, 7) is -9.22. The highest BCUT2D eigenvalue weighted by molar-refractivity contribution is 4.63. The van der Waals surface area contributed by atoms with E-state index in [4.69, 9.17) is 0 Å². The molecule has 1 atom stereocenters. The van der Waals surface area contributed by atoms with Crippen molar-refractivity contribution < 1.29 is 70.2 Å². The number of alkyl halides is 16. The molecule has 16 heteroatoms. The Bertz CT molecular complexity index is 192. The largest absolute Gasteiger partial charge is 0.416 e. The second kappa shape index (κ2) is 32.5. The summed E-state index contributed by atoms with van der Waals surface area (Å²) in [6.07, 6.45) is -9.16. The van der Waals surface area contributed by atoms with Crippen molar-refractivity contribution in [1.29, 1.82) is 0 Å². The lowest BCUT2D eigenvalue weighted by molar-refractivity contribution is -0.178. The fourth-order valence-electron chi connectivity index (χ4n) is 0.428. The summed E-state index contributed by atoms with van der Waals surface area (Å²) < 4.78 is 164. The summed E-state index contributed by atoms with van der Waals surface area (Å²) in [5.41, 5.74) is 0. The van der Waals surface area contributed by atoms with Crippen LogP contribution in [0.4, 0.5) is 70.2 Å². The molecule has 0 nitrogen and oxygen atoms in total. The van der Waals surface area contributed by atoms with Crippen molar-refractivity contribution in [3.63, 3.8) is 0 Å². The third-order valence-corrected chi connectivity index (χ3v) is 1.29. The first-order valence-electron chi connectivity index (χ1n) is 5.97. The molecule has 0 radical (unpaired) electrons. The van der Waals surface area contributed by atoms with Crippen LogP contribution in [0.25, 0.3) is 0 Å². The van der Waals surface area contributed by atoms with Crippen LogP contribution in [-0.2, 0) is 0 Å². The predicted octanol–water partition coefficient (Wildman–Crippen LogP) is 7.59. The molecule has 0 saturated carbocycles. The van der Waals surface area contributed by atoms with E-state index in [0.717, 1.165) is 0 Å². The van der Waals surface area contributed by atoms with Gasteiger partial charge in [-0.3, -0.25) is 4.39 Å². The maximum atomic E-state index is 11.5. The van der Waals surface area contributed by atoms with E-state index in [1.807, 2.05) is 0 Å². The molecule has 0 aromatic carbocycles. The average Bonchev–Trinajstić information content (AvgIpc) is 2.50. The van der Waals surface area contributed by atoms with Crippen molar-refractivity contribution in [2.24, 2.45) is 5.92 Å². The minimum atomic E-state index is -4.62. The highest BCUT2D eigenvalue weighted by Crippen LogP contribution is 2.28. The third-order valence-electron chi connectivity index (χ3n) is 1.29. The minimum Gasteiger partial charge on any atom is -0.250 e. The van der Waals surface area contributed by atoms with E-state index in [9.17, 15) is 70.2 Å². The summed E-state index contributed by atoms with van der Waals surface area (Å²) >= 11 is 0. The number of rotatable bonds is 2. The molecule has 0 N–H and O–H groups in total. The molecule has 0 rings (SSSR count). The normalized spacial score (nSPS) is 10.6. The molecule has 0 aromatic rings. The average molecular weight is 454 g/mol.